The Kier molecular flexibility index (Phi) is 5.95. The normalized spacial score (nSPS) is 13.2. The third kappa shape index (κ3) is 6.90. The molecule has 0 aliphatic rings. The SMILES string of the molecule is O=CC(Cc1ccccc1)(OCC(F)(F)F)OCC(F)(F)F. The van der Waals surface area contributed by atoms with Gasteiger partial charge in [-0.05, 0) is 5.56 Å². The zero-order valence-corrected chi connectivity index (χ0v) is 11.1. The number of alkyl halides is 6. The second kappa shape index (κ2) is 7.10. The lowest BCUT2D eigenvalue weighted by Crippen LogP contribution is -2.44. The molecule has 0 spiro atoms. The predicted octanol–water partition coefficient (Wildman–Crippen LogP) is 3.28. The fraction of sp³-hybridized carbons (Fsp3) is 0.462. The van der Waals surface area contributed by atoms with Crippen molar-refractivity contribution in [2.75, 3.05) is 13.2 Å². The van der Waals surface area contributed by atoms with Gasteiger partial charge in [0.25, 0.3) is 0 Å². The largest absolute Gasteiger partial charge is 0.411 e. The van der Waals surface area contributed by atoms with Gasteiger partial charge in [-0.2, -0.15) is 26.3 Å². The summed E-state index contributed by atoms with van der Waals surface area (Å²) in [5.74, 6) is -2.66. The van der Waals surface area contributed by atoms with Crippen LogP contribution in [0.25, 0.3) is 0 Å². The molecule has 0 saturated carbocycles. The van der Waals surface area contributed by atoms with Crippen LogP contribution in [0.15, 0.2) is 30.3 Å². The second-order valence-electron chi connectivity index (χ2n) is 4.40. The topological polar surface area (TPSA) is 35.5 Å². The van der Waals surface area contributed by atoms with Crippen molar-refractivity contribution in [2.24, 2.45) is 0 Å². The molecule has 0 saturated heterocycles. The van der Waals surface area contributed by atoms with Gasteiger partial charge in [-0.15, -0.1) is 0 Å². The molecule has 0 aliphatic carbocycles. The summed E-state index contributed by atoms with van der Waals surface area (Å²) < 4.78 is 82.0. The molecule has 0 bridgehead atoms. The Morgan fingerprint density at radius 2 is 1.32 bits per heavy atom. The van der Waals surface area contributed by atoms with E-state index in [2.05, 4.69) is 9.47 Å². The van der Waals surface area contributed by atoms with Crippen LogP contribution in [0.4, 0.5) is 26.3 Å². The van der Waals surface area contributed by atoms with Crippen molar-refractivity contribution in [2.45, 2.75) is 24.6 Å². The van der Waals surface area contributed by atoms with Gasteiger partial charge in [-0.25, -0.2) is 0 Å². The molecule has 0 aliphatic heterocycles. The van der Waals surface area contributed by atoms with E-state index in [1.807, 2.05) is 0 Å². The van der Waals surface area contributed by atoms with Gasteiger partial charge in [0.2, 0.25) is 5.79 Å². The molecule has 0 atom stereocenters. The molecule has 0 unspecified atom stereocenters. The molecule has 0 N–H and O–H groups in total. The van der Waals surface area contributed by atoms with E-state index in [4.69, 9.17) is 0 Å². The molecule has 0 fully saturated rings. The van der Waals surface area contributed by atoms with Crippen molar-refractivity contribution in [3.63, 3.8) is 0 Å². The summed E-state index contributed by atoms with van der Waals surface area (Å²) in [7, 11) is 0. The first-order chi connectivity index (χ1) is 10.1. The summed E-state index contributed by atoms with van der Waals surface area (Å²) in [6.07, 6.45) is -10.4. The predicted molar refractivity (Wildman–Crippen MR) is 63.0 cm³/mol. The van der Waals surface area contributed by atoms with E-state index in [0.717, 1.165) is 0 Å². The average Bonchev–Trinajstić information content (AvgIpc) is 2.41. The summed E-state index contributed by atoms with van der Waals surface area (Å²) in [5, 5.41) is 0. The minimum absolute atomic E-state index is 0.197. The molecule has 9 heteroatoms. The van der Waals surface area contributed by atoms with E-state index in [1.54, 1.807) is 6.07 Å². The maximum absolute atomic E-state index is 12.2. The lowest BCUT2D eigenvalue weighted by atomic mass is 10.1. The fourth-order valence-corrected chi connectivity index (χ4v) is 1.54. The van der Waals surface area contributed by atoms with E-state index in [1.165, 1.54) is 24.3 Å². The molecule has 3 nitrogen and oxygen atoms in total. The number of carbonyl (C=O) groups excluding carboxylic acids is 1. The number of ether oxygens (including phenoxy) is 2. The highest BCUT2D eigenvalue weighted by atomic mass is 19.4. The highest BCUT2D eigenvalue weighted by molar-refractivity contribution is 5.61. The summed E-state index contributed by atoms with van der Waals surface area (Å²) in [6, 6.07) is 7.47. The summed E-state index contributed by atoms with van der Waals surface area (Å²) in [6.45, 7) is -3.81. The lowest BCUT2D eigenvalue weighted by molar-refractivity contribution is -0.291. The van der Waals surface area contributed by atoms with Crippen LogP contribution < -0.4 is 0 Å². The van der Waals surface area contributed by atoms with Crippen LogP contribution >= 0.6 is 0 Å². The van der Waals surface area contributed by atoms with Gasteiger partial charge in [0.05, 0.1) is 0 Å². The van der Waals surface area contributed by atoms with Crippen LogP contribution in [0.1, 0.15) is 5.56 Å². The molecule has 1 rings (SSSR count). The highest BCUT2D eigenvalue weighted by Gasteiger charge is 2.41. The summed E-state index contributed by atoms with van der Waals surface area (Å²) >= 11 is 0. The molecular formula is C13H12F6O3. The van der Waals surface area contributed by atoms with Crippen molar-refractivity contribution < 1.29 is 40.6 Å². The number of carbonyl (C=O) groups is 1. The maximum Gasteiger partial charge on any atom is 0.411 e. The zero-order valence-electron chi connectivity index (χ0n) is 11.1. The molecule has 0 radical (unpaired) electrons. The van der Waals surface area contributed by atoms with Crippen molar-refractivity contribution in [1.82, 2.24) is 0 Å². The molecule has 0 amide bonds. The summed E-state index contributed by atoms with van der Waals surface area (Å²) in [4.78, 5) is 11.1. The van der Waals surface area contributed by atoms with Crippen LogP contribution in [-0.2, 0) is 20.7 Å². The van der Waals surface area contributed by atoms with Gasteiger partial charge < -0.3 is 9.47 Å². The van der Waals surface area contributed by atoms with Gasteiger partial charge in [0.15, 0.2) is 6.29 Å². The van der Waals surface area contributed by atoms with Gasteiger partial charge in [0.1, 0.15) is 13.2 Å². The van der Waals surface area contributed by atoms with Crippen LogP contribution in [0, 0.1) is 0 Å². The Morgan fingerprint density at radius 1 is 0.864 bits per heavy atom. The molecule has 1 aromatic rings. The third-order valence-electron chi connectivity index (χ3n) is 2.43. The first kappa shape index (κ1) is 18.4. The number of aldehydes is 1. The number of hydrogen-bond acceptors (Lipinski definition) is 3. The maximum atomic E-state index is 12.2. The molecule has 0 heterocycles. The van der Waals surface area contributed by atoms with Crippen LogP contribution in [0.2, 0.25) is 0 Å². The molecule has 124 valence electrons. The number of benzene rings is 1. The van der Waals surface area contributed by atoms with E-state index < -0.39 is 37.8 Å². The van der Waals surface area contributed by atoms with E-state index >= 15 is 0 Å². The first-order valence-corrected chi connectivity index (χ1v) is 5.97. The molecule has 22 heavy (non-hydrogen) atoms. The lowest BCUT2D eigenvalue weighted by Gasteiger charge is -2.29. The minimum Gasteiger partial charge on any atom is -0.334 e. The van der Waals surface area contributed by atoms with Gasteiger partial charge >= 0.3 is 12.4 Å². The molecule has 1 aromatic carbocycles. The minimum atomic E-state index is -4.81. The highest BCUT2D eigenvalue weighted by Crippen LogP contribution is 2.26. The zero-order chi connectivity index (χ0) is 16.9. The standard InChI is InChI=1S/C13H12F6O3/c14-12(15,16)8-21-11(7-20,22-9-13(17,18)19)6-10-4-2-1-3-5-10/h1-5,7H,6,8-9H2. The Balaban J connectivity index is 2.92. The van der Waals surface area contributed by atoms with Crippen molar-refractivity contribution in [3.8, 4) is 0 Å². The Bertz CT molecular complexity index is 451. The van der Waals surface area contributed by atoms with Crippen molar-refractivity contribution >= 4 is 6.29 Å². The second-order valence-corrected chi connectivity index (χ2v) is 4.40. The fourth-order valence-electron chi connectivity index (χ4n) is 1.54. The molecule has 0 aromatic heterocycles. The smallest absolute Gasteiger partial charge is 0.334 e. The van der Waals surface area contributed by atoms with Crippen LogP contribution in [0.5, 0.6) is 0 Å². The third-order valence-corrected chi connectivity index (χ3v) is 2.43. The van der Waals surface area contributed by atoms with E-state index in [9.17, 15) is 31.1 Å². The first-order valence-electron chi connectivity index (χ1n) is 5.97. The number of halogens is 6. The van der Waals surface area contributed by atoms with Crippen LogP contribution in [-0.4, -0.2) is 37.6 Å². The molecular weight excluding hydrogens is 318 g/mol. The summed E-state index contributed by atoms with van der Waals surface area (Å²) in [5.41, 5.74) is 0.291. The Hall–Kier alpha value is -1.61. The quantitative estimate of drug-likeness (QED) is 0.437. The van der Waals surface area contributed by atoms with Crippen LogP contribution in [0.3, 0.4) is 0 Å². The van der Waals surface area contributed by atoms with Gasteiger partial charge in [-0.1, -0.05) is 30.3 Å². The van der Waals surface area contributed by atoms with Crippen molar-refractivity contribution in [3.05, 3.63) is 35.9 Å². The Labute approximate surface area is 121 Å². The number of hydrogen-bond donors (Lipinski definition) is 0. The van der Waals surface area contributed by atoms with Crippen molar-refractivity contribution in [1.29, 1.82) is 0 Å². The number of rotatable bonds is 7. The monoisotopic (exact) mass is 330 g/mol. The van der Waals surface area contributed by atoms with Gasteiger partial charge in [0, 0.05) is 6.42 Å². The Morgan fingerprint density at radius 3 is 1.68 bits per heavy atom. The average molecular weight is 330 g/mol. The van der Waals surface area contributed by atoms with Gasteiger partial charge in [-0.3, -0.25) is 4.79 Å². The van der Waals surface area contributed by atoms with E-state index in [0.29, 0.717) is 5.56 Å². The van der Waals surface area contributed by atoms with E-state index in [-0.39, 0.29) is 6.29 Å².